The maximum atomic E-state index is 13.8. The lowest BCUT2D eigenvalue weighted by molar-refractivity contribution is 0.0979. The van der Waals surface area contributed by atoms with Crippen LogP contribution >= 0.6 is 22.9 Å². The molecule has 0 aliphatic heterocycles. The number of fused-ring (bicyclic) bond motifs is 2. The topological polar surface area (TPSA) is 50.5 Å². The fourth-order valence-electron chi connectivity index (χ4n) is 3.51. The van der Waals surface area contributed by atoms with Crippen molar-refractivity contribution in [1.82, 2.24) is 14.4 Å². The zero-order valence-corrected chi connectivity index (χ0v) is 17.7. The molecule has 0 aliphatic carbocycles. The molecule has 3 heterocycles. The van der Waals surface area contributed by atoms with E-state index in [1.165, 1.54) is 11.3 Å². The number of anilines is 1. The summed E-state index contributed by atoms with van der Waals surface area (Å²) >= 11 is 7.80. The Labute approximate surface area is 182 Å². The number of carbonyl (C=O) groups excluding carboxylic acids is 1. The van der Waals surface area contributed by atoms with Crippen LogP contribution in [0.3, 0.4) is 0 Å². The van der Waals surface area contributed by atoms with Crippen LogP contribution in [0.4, 0.5) is 5.13 Å². The summed E-state index contributed by atoms with van der Waals surface area (Å²) in [7, 11) is 0. The summed E-state index contributed by atoms with van der Waals surface area (Å²) in [6.07, 6.45) is 1.86. The lowest BCUT2D eigenvalue weighted by Gasteiger charge is -2.20. The van der Waals surface area contributed by atoms with E-state index in [2.05, 4.69) is 4.98 Å². The summed E-state index contributed by atoms with van der Waals surface area (Å²) in [5.41, 5.74) is 3.68. The van der Waals surface area contributed by atoms with E-state index in [0.717, 1.165) is 15.9 Å². The third-order valence-electron chi connectivity index (χ3n) is 4.92. The van der Waals surface area contributed by atoms with E-state index in [1.54, 1.807) is 4.90 Å². The Morgan fingerprint density at radius 1 is 1.03 bits per heavy atom. The third-order valence-corrected chi connectivity index (χ3v) is 6.27. The van der Waals surface area contributed by atoms with Gasteiger partial charge in [0.05, 0.1) is 22.0 Å². The minimum atomic E-state index is -0.148. The van der Waals surface area contributed by atoms with Gasteiger partial charge in [-0.15, -0.1) is 0 Å². The molecule has 1 amide bonds. The second kappa shape index (κ2) is 7.55. The molecular weight excluding hydrogens is 416 g/mol. The van der Waals surface area contributed by atoms with Gasteiger partial charge in [-0.25, -0.2) is 9.97 Å². The van der Waals surface area contributed by atoms with Crippen molar-refractivity contribution in [3.05, 3.63) is 94.9 Å². The molecular formula is C23H17ClN4OS. The Balaban J connectivity index is 1.66. The monoisotopic (exact) mass is 432 g/mol. The summed E-state index contributed by atoms with van der Waals surface area (Å²) in [6.45, 7) is 2.26. The van der Waals surface area contributed by atoms with Gasteiger partial charge in [0.15, 0.2) is 5.13 Å². The van der Waals surface area contributed by atoms with Gasteiger partial charge in [-0.2, -0.15) is 0 Å². The molecule has 0 bridgehead atoms. The van der Waals surface area contributed by atoms with Crippen LogP contribution in [-0.4, -0.2) is 20.3 Å². The molecule has 0 N–H and O–H groups in total. The number of aromatic nitrogens is 3. The van der Waals surface area contributed by atoms with Gasteiger partial charge in [0, 0.05) is 6.20 Å². The van der Waals surface area contributed by atoms with Gasteiger partial charge in [-0.05, 0) is 36.8 Å². The van der Waals surface area contributed by atoms with Crippen molar-refractivity contribution in [1.29, 1.82) is 0 Å². The lowest BCUT2D eigenvalue weighted by Crippen LogP contribution is -2.31. The number of para-hydroxylation sites is 1. The zero-order valence-electron chi connectivity index (χ0n) is 16.1. The van der Waals surface area contributed by atoms with Crippen LogP contribution in [-0.2, 0) is 6.54 Å². The normalized spacial score (nSPS) is 11.3. The average Bonchev–Trinajstić information content (AvgIpc) is 3.33. The highest BCUT2D eigenvalue weighted by Crippen LogP contribution is 2.34. The van der Waals surface area contributed by atoms with Crippen LogP contribution in [0.5, 0.6) is 0 Å². The zero-order chi connectivity index (χ0) is 20.7. The number of amides is 1. The molecule has 0 fully saturated rings. The van der Waals surface area contributed by atoms with Crippen molar-refractivity contribution in [2.45, 2.75) is 13.5 Å². The van der Waals surface area contributed by atoms with E-state index in [0.29, 0.717) is 33.6 Å². The van der Waals surface area contributed by atoms with Crippen LogP contribution < -0.4 is 4.90 Å². The number of pyridine rings is 1. The Bertz CT molecular complexity index is 1380. The van der Waals surface area contributed by atoms with Crippen molar-refractivity contribution >= 4 is 49.8 Å². The molecule has 148 valence electrons. The molecule has 3 aromatic heterocycles. The van der Waals surface area contributed by atoms with Crippen LogP contribution in [0, 0.1) is 6.92 Å². The number of carbonyl (C=O) groups is 1. The minimum Gasteiger partial charge on any atom is -0.295 e. The first-order chi connectivity index (χ1) is 14.6. The highest BCUT2D eigenvalue weighted by Gasteiger charge is 2.26. The fourth-order valence-corrected chi connectivity index (χ4v) is 4.77. The molecule has 0 saturated carbocycles. The molecule has 5 aromatic rings. The molecule has 5 rings (SSSR count). The van der Waals surface area contributed by atoms with Crippen LogP contribution in [0.2, 0.25) is 5.02 Å². The first-order valence-electron chi connectivity index (χ1n) is 9.46. The van der Waals surface area contributed by atoms with Crippen molar-refractivity contribution < 1.29 is 4.79 Å². The number of imidazole rings is 1. The number of aryl methyl sites for hydroxylation is 1. The molecule has 0 saturated heterocycles. The molecule has 0 atom stereocenters. The largest absolute Gasteiger partial charge is 0.295 e. The van der Waals surface area contributed by atoms with Gasteiger partial charge in [-0.1, -0.05) is 65.4 Å². The van der Waals surface area contributed by atoms with Gasteiger partial charge in [0.25, 0.3) is 5.91 Å². The lowest BCUT2D eigenvalue weighted by atomic mass is 10.2. The van der Waals surface area contributed by atoms with E-state index in [-0.39, 0.29) is 5.91 Å². The van der Waals surface area contributed by atoms with E-state index in [1.807, 2.05) is 84.3 Å². The summed E-state index contributed by atoms with van der Waals surface area (Å²) in [4.78, 5) is 24.8. The van der Waals surface area contributed by atoms with Gasteiger partial charge >= 0.3 is 0 Å². The van der Waals surface area contributed by atoms with Gasteiger partial charge in [0.1, 0.15) is 16.9 Å². The molecule has 0 radical (unpaired) electrons. The SMILES string of the molecule is Cc1nc2ccccn2c1C(=O)N(Cc1ccccc1)c1nc2c(Cl)cccc2s1. The van der Waals surface area contributed by atoms with Crippen molar-refractivity contribution in [3.63, 3.8) is 0 Å². The molecule has 2 aromatic carbocycles. The Hall–Kier alpha value is -3.22. The smallest absolute Gasteiger partial charge is 0.279 e. The van der Waals surface area contributed by atoms with E-state index in [9.17, 15) is 4.79 Å². The number of benzene rings is 2. The molecule has 0 aliphatic rings. The van der Waals surface area contributed by atoms with Gasteiger partial charge < -0.3 is 0 Å². The number of hydrogen-bond donors (Lipinski definition) is 0. The van der Waals surface area contributed by atoms with Crippen LogP contribution in [0.1, 0.15) is 21.7 Å². The second-order valence-corrected chi connectivity index (χ2v) is 8.35. The van der Waals surface area contributed by atoms with Crippen molar-refractivity contribution in [2.24, 2.45) is 0 Å². The molecule has 0 spiro atoms. The minimum absolute atomic E-state index is 0.148. The quantitative estimate of drug-likeness (QED) is 0.363. The van der Waals surface area contributed by atoms with E-state index >= 15 is 0 Å². The number of nitrogens with zero attached hydrogens (tertiary/aromatic N) is 4. The summed E-state index contributed by atoms with van der Waals surface area (Å²) in [5.74, 6) is -0.148. The number of halogens is 1. The summed E-state index contributed by atoms with van der Waals surface area (Å²) < 4.78 is 2.77. The first-order valence-corrected chi connectivity index (χ1v) is 10.7. The van der Waals surface area contributed by atoms with E-state index in [4.69, 9.17) is 16.6 Å². The molecule has 5 nitrogen and oxygen atoms in total. The van der Waals surface area contributed by atoms with Gasteiger partial charge in [-0.3, -0.25) is 14.1 Å². The Kier molecular flexibility index (Phi) is 4.73. The molecule has 0 unspecified atom stereocenters. The predicted octanol–water partition coefficient (Wildman–Crippen LogP) is 5.75. The Morgan fingerprint density at radius 3 is 2.63 bits per heavy atom. The van der Waals surface area contributed by atoms with E-state index < -0.39 is 0 Å². The highest BCUT2D eigenvalue weighted by molar-refractivity contribution is 7.22. The van der Waals surface area contributed by atoms with Crippen molar-refractivity contribution in [3.8, 4) is 0 Å². The van der Waals surface area contributed by atoms with Crippen LogP contribution in [0.15, 0.2) is 72.9 Å². The maximum absolute atomic E-state index is 13.8. The summed E-state index contributed by atoms with van der Waals surface area (Å²) in [6, 6.07) is 21.3. The number of thiazole rings is 1. The molecule has 7 heteroatoms. The second-order valence-electron chi connectivity index (χ2n) is 6.93. The standard InChI is InChI=1S/C23H17ClN4OS/c1-15-21(27-13-6-5-12-19(27)25-15)22(29)28(14-16-8-3-2-4-9-16)23-26-20-17(24)10-7-11-18(20)30-23/h2-13H,14H2,1H3. The fraction of sp³-hybridized carbons (Fsp3) is 0.0870. The summed E-state index contributed by atoms with van der Waals surface area (Å²) in [5, 5.41) is 1.19. The first kappa shape index (κ1) is 18.8. The number of hydrogen-bond acceptors (Lipinski definition) is 4. The average molecular weight is 433 g/mol. The maximum Gasteiger partial charge on any atom is 0.279 e. The highest BCUT2D eigenvalue weighted by atomic mass is 35.5. The third kappa shape index (κ3) is 3.24. The predicted molar refractivity (Wildman–Crippen MR) is 122 cm³/mol. The molecule has 30 heavy (non-hydrogen) atoms. The van der Waals surface area contributed by atoms with Crippen molar-refractivity contribution in [2.75, 3.05) is 4.90 Å². The van der Waals surface area contributed by atoms with Crippen LogP contribution in [0.25, 0.3) is 15.9 Å². The van der Waals surface area contributed by atoms with Gasteiger partial charge in [0.2, 0.25) is 0 Å². The number of rotatable bonds is 4. The Morgan fingerprint density at radius 2 is 1.83 bits per heavy atom.